The summed E-state index contributed by atoms with van der Waals surface area (Å²) in [4.78, 5) is 24.5. The quantitative estimate of drug-likeness (QED) is 0.860. The highest BCUT2D eigenvalue weighted by Gasteiger charge is 2.40. The monoisotopic (exact) mass is 388 g/mol. The van der Waals surface area contributed by atoms with Gasteiger partial charge in [-0.05, 0) is 23.3 Å². The zero-order valence-electron chi connectivity index (χ0n) is 14.8. The van der Waals surface area contributed by atoms with E-state index in [4.69, 9.17) is 0 Å². The Morgan fingerprint density at radius 1 is 0.963 bits per heavy atom. The normalized spacial score (nSPS) is 18.3. The molecule has 27 heavy (non-hydrogen) atoms. The Hall–Kier alpha value is -2.71. The highest BCUT2D eigenvalue weighted by atomic mass is 32.2. The lowest BCUT2D eigenvalue weighted by atomic mass is 10.1. The van der Waals surface area contributed by atoms with Gasteiger partial charge >= 0.3 is 5.97 Å². The summed E-state index contributed by atoms with van der Waals surface area (Å²) in [7, 11) is -3.99. The first-order valence-electron chi connectivity index (χ1n) is 8.46. The van der Waals surface area contributed by atoms with Crippen LogP contribution < -0.4 is 0 Å². The second kappa shape index (κ2) is 7.50. The summed E-state index contributed by atoms with van der Waals surface area (Å²) in [6.07, 6.45) is 0. The van der Waals surface area contributed by atoms with Crippen molar-refractivity contribution in [2.75, 3.05) is 19.6 Å². The van der Waals surface area contributed by atoms with Crippen LogP contribution in [0.1, 0.15) is 6.92 Å². The molecule has 1 unspecified atom stereocenters. The van der Waals surface area contributed by atoms with Gasteiger partial charge in [0.2, 0.25) is 15.9 Å². The zero-order chi connectivity index (χ0) is 19.6. The molecule has 0 bridgehead atoms. The predicted molar refractivity (Wildman–Crippen MR) is 99.4 cm³/mol. The first-order valence-corrected chi connectivity index (χ1v) is 9.90. The lowest BCUT2D eigenvalue weighted by molar-refractivity contribution is -0.145. The number of carbonyl (C=O) groups excluding carboxylic acids is 1. The predicted octanol–water partition coefficient (Wildman–Crippen LogP) is 1.66. The molecule has 0 spiro atoms. The topological polar surface area (TPSA) is 95.0 Å². The Morgan fingerprint density at radius 2 is 1.56 bits per heavy atom. The lowest BCUT2D eigenvalue weighted by Crippen LogP contribution is -2.58. The van der Waals surface area contributed by atoms with Gasteiger partial charge in [0.25, 0.3) is 0 Å². The van der Waals surface area contributed by atoms with Crippen LogP contribution in [0.15, 0.2) is 59.5 Å². The number of hydrogen-bond donors (Lipinski definition) is 1. The fourth-order valence-electron chi connectivity index (χ4n) is 3.13. The van der Waals surface area contributed by atoms with Gasteiger partial charge in [-0.1, -0.05) is 42.5 Å². The standard InChI is InChI=1S/C19H20N2O5S/c1-14(22)20-11-12-21(18(13-20)19(23)24)27(25,26)17-9-7-16(8-10-17)15-5-3-2-4-6-15/h2-10,18H,11-13H2,1H3,(H,23,24). The Kier molecular flexibility index (Phi) is 5.29. The number of benzene rings is 2. The number of hydrogen-bond acceptors (Lipinski definition) is 4. The minimum atomic E-state index is -3.99. The molecule has 2 aromatic carbocycles. The maximum absolute atomic E-state index is 13.0. The molecule has 1 saturated heterocycles. The maximum atomic E-state index is 13.0. The van der Waals surface area contributed by atoms with Gasteiger partial charge in [0.05, 0.1) is 4.90 Å². The molecule has 1 aliphatic rings. The van der Waals surface area contributed by atoms with E-state index >= 15 is 0 Å². The van der Waals surface area contributed by atoms with E-state index in [1.807, 2.05) is 30.3 Å². The molecule has 0 aromatic heterocycles. The number of nitrogens with zero attached hydrogens (tertiary/aromatic N) is 2. The van der Waals surface area contributed by atoms with Gasteiger partial charge in [0.1, 0.15) is 6.04 Å². The van der Waals surface area contributed by atoms with E-state index in [0.717, 1.165) is 15.4 Å². The third-order valence-electron chi connectivity index (χ3n) is 4.63. The van der Waals surface area contributed by atoms with E-state index in [1.165, 1.54) is 24.0 Å². The van der Waals surface area contributed by atoms with Gasteiger partial charge in [0, 0.05) is 26.6 Å². The van der Waals surface area contributed by atoms with Crippen LogP contribution in [0.4, 0.5) is 0 Å². The van der Waals surface area contributed by atoms with Crippen molar-refractivity contribution in [2.24, 2.45) is 0 Å². The van der Waals surface area contributed by atoms with Crippen molar-refractivity contribution in [1.29, 1.82) is 0 Å². The van der Waals surface area contributed by atoms with Gasteiger partial charge < -0.3 is 10.0 Å². The van der Waals surface area contributed by atoms with E-state index < -0.39 is 22.0 Å². The number of rotatable bonds is 4. The molecule has 2 aromatic rings. The molecule has 0 aliphatic carbocycles. The molecule has 7 nitrogen and oxygen atoms in total. The SMILES string of the molecule is CC(=O)N1CCN(S(=O)(=O)c2ccc(-c3ccccc3)cc2)C(C(=O)O)C1. The number of piperazine rings is 1. The smallest absolute Gasteiger partial charge is 0.323 e. The molecule has 3 rings (SSSR count). The molecule has 0 saturated carbocycles. The van der Waals surface area contributed by atoms with Crippen molar-refractivity contribution >= 4 is 21.9 Å². The van der Waals surface area contributed by atoms with Crippen molar-refractivity contribution in [3.8, 4) is 11.1 Å². The Labute approximate surface area is 157 Å². The van der Waals surface area contributed by atoms with Gasteiger partial charge in [0.15, 0.2) is 0 Å². The van der Waals surface area contributed by atoms with Crippen LogP contribution >= 0.6 is 0 Å². The minimum absolute atomic E-state index is 0.0321. The molecule has 1 N–H and O–H groups in total. The number of carboxylic acid groups (broad SMARTS) is 1. The van der Waals surface area contributed by atoms with E-state index in [1.54, 1.807) is 12.1 Å². The lowest BCUT2D eigenvalue weighted by Gasteiger charge is -2.38. The summed E-state index contributed by atoms with van der Waals surface area (Å²) in [6.45, 7) is 1.29. The van der Waals surface area contributed by atoms with Crippen molar-refractivity contribution in [3.63, 3.8) is 0 Å². The average Bonchev–Trinajstić information content (AvgIpc) is 2.68. The molecule has 1 amide bonds. The van der Waals surface area contributed by atoms with Crippen LogP contribution in [-0.4, -0.2) is 60.3 Å². The van der Waals surface area contributed by atoms with E-state index in [-0.39, 0.29) is 30.4 Å². The summed E-state index contributed by atoms with van der Waals surface area (Å²) in [6, 6.07) is 14.6. The molecule has 1 aliphatic heterocycles. The van der Waals surface area contributed by atoms with Crippen molar-refractivity contribution in [1.82, 2.24) is 9.21 Å². The summed E-state index contributed by atoms with van der Waals surface area (Å²) in [5.41, 5.74) is 1.82. The van der Waals surface area contributed by atoms with Gasteiger partial charge in [-0.3, -0.25) is 9.59 Å². The summed E-state index contributed by atoms with van der Waals surface area (Å²) in [5.74, 6) is -1.55. The summed E-state index contributed by atoms with van der Waals surface area (Å²) >= 11 is 0. The Bertz CT molecular complexity index is 942. The third kappa shape index (κ3) is 3.86. The highest BCUT2D eigenvalue weighted by Crippen LogP contribution is 2.25. The molecular weight excluding hydrogens is 368 g/mol. The fourth-order valence-corrected chi connectivity index (χ4v) is 4.69. The van der Waals surface area contributed by atoms with Crippen LogP contribution in [0.2, 0.25) is 0 Å². The summed E-state index contributed by atoms with van der Waals surface area (Å²) < 4.78 is 26.9. The largest absolute Gasteiger partial charge is 0.480 e. The zero-order valence-corrected chi connectivity index (χ0v) is 15.6. The second-order valence-corrected chi connectivity index (χ2v) is 8.22. The average molecular weight is 388 g/mol. The van der Waals surface area contributed by atoms with E-state index in [0.29, 0.717) is 0 Å². The number of sulfonamides is 1. The first kappa shape index (κ1) is 19.1. The third-order valence-corrected chi connectivity index (χ3v) is 6.55. The van der Waals surface area contributed by atoms with Crippen LogP contribution in [0.5, 0.6) is 0 Å². The van der Waals surface area contributed by atoms with Crippen molar-refractivity contribution in [2.45, 2.75) is 17.9 Å². The highest BCUT2D eigenvalue weighted by molar-refractivity contribution is 7.89. The maximum Gasteiger partial charge on any atom is 0.323 e. The van der Waals surface area contributed by atoms with Crippen LogP contribution in [0.25, 0.3) is 11.1 Å². The number of aliphatic carboxylic acids is 1. The van der Waals surface area contributed by atoms with Gasteiger partial charge in [-0.15, -0.1) is 0 Å². The first-order chi connectivity index (χ1) is 12.8. The molecule has 1 atom stereocenters. The molecular formula is C19H20N2O5S. The second-order valence-electron chi connectivity index (χ2n) is 6.33. The van der Waals surface area contributed by atoms with Crippen molar-refractivity contribution in [3.05, 3.63) is 54.6 Å². The molecule has 8 heteroatoms. The van der Waals surface area contributed by atoms with Crippen LogP contribution in [0, 0.1) is 0 Å². The fraction of sp³-hybridized carbons (Fsp3) is 0.263. The number of amides is 1. The van der Waals surface area contributed by atoms with Gasteiger partial charge in [-0.25, -0.2) is 8.42 Å². The Morgan fingerprint density at radius 3 is 2.11 bits per heavy atom. The van der Waals surface area contributed by atoms with Crippen LogP contribution in [-0.2, 0) is 19.6 Å². The Balaban J connectivity index is 1.89. The molecule has 1 fully saturated rings. The van der Waals surface area contributed by atoms with E-state index in [9.17, 15) is 23.1 Å². The molecule has 142 valence electrons. The number of carbonyl (C=O) groups is 2. The van der Waals surface area contributed by atoms with Crippen LogP contribution in [0.3, 0.4) is 0 Å². The van der Waals surface area contributed by atoms with E-state index in [2.05, 4.69) is 0 Å². The summed E-state index contributed by atoms with van der Waals surface area (Å²) in [5, 5.41) is 9.47. The minimum Gasteiger partial charge on any atom is -0.480 e. The number of carboxylic acids is 1. The molecule has 1 heterocycles. The van der Waals surface area contributed by atoms with Crippen molar-refractivity contribution < 1.29 is 23.1 Å². The van der Waals surface area contributed by atoms with Gasteiger partial charge in [-0.2, -0.15) is 4.31 Å². The molecule has 0 radical (unpaired) electrons.